The Labute approximate surface area is 69.3 Å². The fourth-order valence-electron chi connectivity index (χ4n) is 0.439. The van der Waals surface area contributed by atoms with Crippen LogP contribution in [0.3, 0.4) is 0 Å². The number of nitrogens with one attached hydrogen (secondary N) is 1. The van der Waals surface area contributed by atoms with E-state index in [1.807, 2.05) is 0 Å². The van der Waals surface area contributed by atoms with Gasteiger partial charge in [0, 0.05) is 6.20 Å². The molecule has 0 aromatic carbocycles. The summed E-state index contributed by atoms with van der Waals surface area (Å²) >= 11 is 1.22. The van der Waals surface area contributed by atoms with Crippen molar-refractivity contribution in [2.45, 2.75) is 0 Å². The lowest BCUT2D eigenvalue weighted by atomic mass is 10.4. The fraction of sp³-hybridized carbons (Fsp3) is 0. The summed E-state index contributed by atoms with van der Waals surface area (Å²) in [6, 6.07) is 0. The summed E-state index contributed by atoms with van der Waals surface area (Å²) in [5.74, 6) is -0.392. The topological polar surface area (TPSA) is 55.1 Å². The molecule has 1 amide bonds. The lowest BCUT2D eigenvalue weighted by Crippen LogP contribution is -2.14. The summed E-state index contributed by atoms with van der Waals surface area (Å²) in [5.41, 5.74) is 4.97. The van der Waals surface area contributed by atoms with E-state index < -0.39 is 5.91 Å². The summed E-state index contributed by atoms with van der Waals surface area (Å²) < 4.78 is 2.78. The van der Waals surface area contributed by atoms with Crippen LogP contribution < -0.4 is 10.5 Å². The molecule has 0 spiro atoms. The van der Waals surface area contributed by atoms with Gasteiger partial charge in [-0.3, -0.25) is 4.79 Å². The summed E-state index contributed by atoms with van der Waals surface area (Å²) in [6.07, 6.45) is 5.14. The Bertz CT molecular complexity index is 190. The van der Waals surface area contributed by atoms with E-state index in [1.54, 1.807) is 18.4 Å². The lowest BCUT2D eigenvalue weighted by molar-refractivity contribution is -0.113. The molecule has 1 aliphatic heterocycles. The number of rotatable bonds is 1. The van der Waals surface area contributed by atoms with Gasteiger partial charge in [-0.15, -0.1) is 12.4 Å². The van der Waals surface area contributed by atoms with Gasteiger partial charge in [0.2, 0.25) is 0 Å². The number of nitrogens with two attached hydrogens (primary N) is 1. The average Bonchev–Trinajstić information content (AvgIpc) is 1.90. The van der Waals surface area contributed by atoms with Gasteiger partial charge in [0.1, 0.15) is 0 Å². The minimum absolute atomic E-state index is 0. The van der Waals surface area contributed by atoms with Crippen molar-refractivity contribution in [3.63, 3.8) is 0 Å². The smallest absolute Gasteiger partial charge is 0.256 e. The van der Waals surface area contributed by atoms with E-state index in [2.05, 4.69) is 4.72 Å². The summed E-state index contributed by atoms with van der Waals surface area (Å²) in [6.45, 7) is 0. The van der Waals surface area contributed by atoms with Crippen LogP contribution in [-0.2, 0) is 4.79 Å². The van der Waals surface area contributed by atoms with Crippen molar-refractivity contribution in [2.75, 3.05) is 0 Å². The highest BCUT2D eigenvalue weighted by Crippen LogP contribution is 2.13. The van der Waals surface area contributed by atoms with Crippen LogP contribution in [0.2, 0.25) is 0 Å². The van der Waals surface area contributed by atoms with Gasteiger partial charge in [-0.05, 0) is 24.1 Å². The molecular formula is C5H7ClN2OS. The highest BCUT2D eigenvalue weighted by atomic mass is 35.5. The van der Waals surface area contributed by atoms with Crippen LogP contribution >= 0.6 is 24.4 Å². The van der Waals surface area contributed by atoms with Crippen molar-refractivity contribution >= 4 is 30.3 Å². The molecule has 10 heavy (non-hydrogen) atoms. The van der Waals surface area contributed by atoms with Crippen molar-refractivity contribution in [3.8, 4) is 0 Å². The van der Waals surface area contributed by atoms with Gasteiger partial charge >= 0.3 is 0 Å². The van der Waals surface area contributed by atoms with Gasteiger partial charge in [-0.25, -0.2) is 0 Å². The highest BCUT2D eigenvalue weighted by Gasteiger charge is 2.04. The number of primary amides is 1. The number of carbonyl (C=O) groups is 1. The predicted octanol–water partition coefficient (Wildman–Crippen LogP) is 0.543. The zero-order chi connectivity index (χ0) is 6.69. The average molecular weight is 179 g/mol. The number of halogens is 1. The molecule has 0 unspecified atom stereocenters. The van der Waals surface area contributed by atoms with Gasteiger partial charge < -0.3 is 10.5 Å². The fourth-order valence-corrected chi connectivity index (χ4v) is 0.960. The molecule has 1 rings (SSSR count). The van der Waals surface area contributed by atoms with Crippen molar-refractivity contribution in [3.05, 3.63) is 23.3 Å². The normalized spacial score (nSPS) is 14.6. The third-order valence-corrected chi connectivity index (χ3v) is 1.63. The van der Waals surface area contributed by atoms with E-state index in [1.165, 1.54) is 11.9 Å². The molecule has 0 radical (unpaired) electrons. The second-order valence-corrected chi connectivity index (χ2v) is 2.35. The first-order valence-electron chi connectivity index (χ1n) is 2.40. The van der Waals surface area contributed by atoms with Crippen LogP contribution in [0, 0.1) is 0 Å². The molecule has 1 heterocycles. The molecule has 0 aliphatic carbocycles. The van der Waals surface area contributed by atoms with E-state index in [0.29, 0.717) is 4.91 Å². The first-order valence-corrected chi connectivity index (χ1v) is 3.21. The monoisotopic (exact) mass is 178 g/mol. The summed E-state index contributed by atoms with van der Waals surface area (Å²) in [5, 5.41) is 0. The van der Waals surface area contributed by atoms with Crippen LogP contribution in [0.1, 0.15) is 0 Å². The van der Waals surface area contributed by atoms with Crippen molar-refractivity contribution in [1.82, 2.24) is 4.72 Å². The zero-order valence-electron chi connectivity index (χ0n) is 5.03. The summed E-state index contributed by atoms with van der Waals surface area (Å²) in [7, 11) is 0. The van der Waals surface area contributed by atoms with E-state index in [4.69, 9.17) is 5.73 Å². The van der Waals surface area contributed by atoms with Crippen LogP contribution in [0.15, 0.2) is 23.3 Å². The number of hydrogen-bond acceptors (Lipinski definition) is 3. The Morgan fingerprint density at radius 2 is 2.40 bits per heavy atom. The SMILES string of the molecule is Cl.NC(=O)C1=CC=CNS1. The van der Waals surface area contributed by atoms with E-state index in [9.17, 15) is 4.79 Å². The maximum atomic E-state index is 10.4. The van der Waals surface area contributed by atoms with Gasteiger partial charge in [-0.2, -0.15) is 0 Å². The van der Waals surface area contributed by atoms with Crippen LogP contribution in [0.4, 0.5) is 0 Å². The van der Waals surface area contributed by atoms with Gasteiger partial charge in [-0.1, -0.05) is 0 Å². The first kappa shape index (κ1) is 9.39. The van der Waals surface area contributed by atoms with Gasteiger partial charge in [0.15, 0.2) is 0 Å². The second-order valence-electron chi connectivity index (χ2n) is 1.47. The summed E-state index contributed by atoms with van der Waals surface area (Å²) in [4.78, 5) is 11.0. The molecule has 3 nitrogen and oxygen atoms in total. The van der Waals surface area contributed by atoms with E-state index in [0.717, 1.165) is 0 Å². The molecule has 1 aliphatic rings. The molecule has 0 atom stereocenters. The van der Waals surface area contributed by atoms with Crippen LogP contribution in [0.5, 0.6) is 0 Å². The lowest BCUT2D eigenvalue weighted by Gasteiger charge is -2.03. The Hall–Kier alpha value is -0.610. The largest absolute Gasteiger partial charge is 0.365 e. The maximum Gasteiger partial charge on any atom is 0.256 e. The third-order valence-electron chi connectivity index (χ3n) is 0.824. The number of hydrogen-bond donors (Lipinski definition) is 2. The van der Waals surface area contributed by atoms with Gasteiger partial charge in [0.05, 0.1) is 4.91 Å². The second kappa shape index (κ2) is 4.24. The molecule has 0 fully saturated rings. The minimum Gasteiger partial charge on any atom is -0.365 e. The van der Waals surface area contributed by atoms with E-state index >= 15 is 0 Å². The van der Waals surface area contributed by atoms with Crippen molar-refractivity contribution in [2.24, 2.45) is 5.73 Å². The first-order chi connectivity index (χ1) is 4.30. The standard InChI is InChI=1S/C5H6N2OS.ClH/c6-5(8)4-2-1-3-7-9-4;/h1-3,7H,(H2,6,8);1H. The van der Waals surface area contributed by atoms with E-state index in [-0.39, 0.29) is 12.4 Å². The molecule has 0 saturated heterocycles. The van der Waals surface area contributed by atoms with Crippen molar-refractivity contribution in [1.29, 1.82) is 0 Å². The Kier molecular flexibility index (Phi) is 3.99. The Morgan fingerprint density at radius 3 is 2.70 bits per heavy atom. The molecular weight excluding hydrogens is 172 g/mol. The molecule has 0 saturated carbocycles. The Balaban J connectivity index is 0.000000810. The van der Waals surface area contributed by atoms with Crippen LogP contribution in [0.25, 0.3) is 0 Å². The number of carbonyl (C=O) groups excluding carboxylic acids is 1. The third kappa shape index (κ3) is 2.33. The molecule has 0 aromatic heterocycles. The zero-order valence-corrected chi connectivity index (χ0v) is 6.67. The predicted molar refractivity (Wildman–Crippen MR) is 44.4 cm³/mol. The van der Waals surface area contributed by atoms with Gasteiger partial charge in [0.25, 0.3) is 5.91 Å². The van der Waals surface area contributed by atoms with Crippen LogP contribution in [-0.4, -0.2) is 5.91 Å². The molecule has 0 aromatic rings. The molecule has 56 valence electrons. The maximum absolute atomic E-state index is 10.4. The van der Waals surface area contributed by atoms with Crippen molar-refractivity contribution < 1.29 is 4.79 Å². The highest BCUT2D eigenvalue weighted by molar-refractivity contribution is 8.02. The molecule has 3 N–H and O–H groups in total. The molecule has 0 bridgehead atoms. The minimum atomic E-state index is -0.392. The quantitative estimate of drug-likeness (QED) is 0.577. The molecule has 5 heteroatoms. The number of allylic oxidation sites excluding steroid dienone is 2. The Morgan fingerprint density at radius 1 is 1.70 bits per heavy atom. The number of amides is 1.